The molecule has 0 radical (unpaired) electrons. The Kier molecular flexibility index (Phi) is 7.26. The number of imide groups is 1. The number of aryl methyl sites for hydroxylation is 1. The number of carbonyl (C=O) groups excluding carboxylic acids is 3. The number of benzene rings is 1. The van der Waals surface area contributed by atoms with Gasteiger partial charge in [0.15, 0.2) is 0 Å². The predicted molar refractivity (Wildman–Crippen MR) is 136 cm³/mol. The minimum atomic E-state index is -0.685. The Morgan fingerprint density at radius 3 is 2.47 bits per heavy atom. The minimum Gasteiger partial charge on any atom is -0.444 e. The van der Waals surface area contributed by atoms with Crippen molar-refractivity contribution in [3.63, 3.8) is 0 Å². The molecule has 2 aliphatic heterocycles. The Hall–Kier alpha value is -3.14. The van der Waals surface area contributed by atoms with Gasteiger partial charge in [-0.1, -0.05) is 12.1 Å². The van der Waals surface area contributed by atoms with Crippen molar-refractivity contribution >= 4 is 28.9 Å². The predicted octanol–water partition coefficient (Wildman–Crippen LogP) is 2.19. The first-order valence-corrected chi connectivity index (χ1v) is 12.7. The van der Waals surface area contributed by atoms with E-state index in [9.17, 15) is 19.2 Å². The average molecular weight is 500 g/mol. The van der Waals surface area contributed by atoms with Gasteiger partial charge in [-0.25, -0.2) is 9.59 Å². The first kappa shape index (κ1) is 25.9. The molecular formula is C26H37N5O5. The van der Waals surface area contributed by atoms with Crippen LogP contribution < -0.4 is 11.0 Å². The van der Waals surface area contributed by atoms with E-state index >= 15 is 0 Å². The van der Waals surface area contributed by atoms with Gasteiger partial charge in [0.05, 0.1) is 11.0 Å². The molecule has 1 N–H and O–H groups in total. The molecule has 196 valence electrons. The molecule has 1 atom stereocenters. The lowest BCUT2D eigenvalue weighted by Crippen LogP contribution is -2.47. The van der Waals surface area contributed by atoms with Crippen molar-refractivity contribution in [2.75, 3.05) is 26.7 Å². The highest BCUT2D eigenvalue weighted by Gasteiger charge is 2.32. The average Bonchev–Trinajstić information content (AvgIpc) is 3.07. The number of piperidine rings is 2. The van der Waals surface area contributed by atoms with Crippen LogP contribution in [0.4, 0.5) is 4.79 Å². The third-order valence-corrected chi connectivity index (χ3v) is 7.19. The second-order valence-corrected chi connectivity index (χ2v) is 10.9. The number of hydrogen-bond donors (Lipinski definition) is 1. The number of fused-ring (bicyclic) bond motifs is 1. The molecule has 2 fully saturated rings. The number of para-hydroxylation sites is 1. The van der Waals surface area contributed by atoms with Gasteiger partial charge in [0.1, 0.15) is 11.6 Å². The van der Waals surface area contributed by atoms with Crippen molar-refractivity contribution in [2.24, 2.45) is 7.05 Å². The van der Waals surface area contributed by atoms with Crippen LogP contribution in [-0.4, -0.2) is 75.2 Å². The number of rotatable bonds is 5. The van der Waals surface area contributed by atoms with Crippen LogP contribution in [0.25, 0.3) is 11.0 Å². The van der Waals surface area contributed by atoms with Crippen LogP contribution in [0.1, 0.15) is 58.1 Å². The highest BCUT2D eigenvalue weighted by atomic mass is 16.6. The molecule has 0 aliphatic carbocycles. The first-order chi connectivity index (χ1) is 17.0. The summed E-state index contributed by atoms with van der Waals surface area (Å²) < 4.78 is 8.64. The monoisotopic (exact) mass is 499 g/mol. The molecule has 0 spiro atoms. The highest BCUT2D eigenvalue weighted by molar-refractivity contribution is 6.00. The largest absolute Gasteiger partial charge is 0.444 e. The molecule has 3 heterocycles. The van der Waals surface area contributed by atoms with Crippen molar-refractivity contribution in [3.05, 3.63) is 34.2 Å². The zero-order valence-corrected chi connectivity index (χ0v) is 21.9. The minimum absolute atomic E-state index is 0.155. The van der Waals surface area contributed by atoms with E-state index in [1.807, 2.05) is 46.0 Å². The number of aromatic nitrogens is 2. The molecule has 0 saturated carbocycles. The van der Waals surface area contributed by atoms with Gasteiger partial charge in [-0.05, 0) is 58.1 Å². The molecule has 36 heavy (non-hydrogen) atoms. The van der Waals surface area contributed by atoms with Crippen molar-refractivity contribution in [2.45, 2.75) is 70.6 Å². The summed E-state index contributed by atoms with van der Waals surface area (Å²) in [7, 11) is 3.54. The molecular weight excluding hydrogens is 462 g/mol. The summed E-state index contributed by atoms with van der Waals surface area (Å²) in [5.41, 5.74) is 1.83. The number of hydrogen-bond acceptors (Lipinski definition) is 6. The summed E-state index contributed by atoms with van der Waals surface area (Å²) in [6.45, 7) is 8.21. The lowest BCUT2D eigenvalue weighted by Gasteiger charge is -2.37. The number of nitrogens with zero attached hydrogens (tertiary/aromatic N) is 4. The second kappa shape index (κ2) is 10.1. The van der Waals surface area contributed by atoms with Crippen LogP contribution in [0.3, 0.4) is 0 Å². The van der Waals surface area contributed by atoms with Gasteiger partial charge in [0.2, 0.25) is 11.8 Å². The molecule has 2 aromatic rings. The maximum absolute atomic E-state index is 13.1. The zero-order valence-electron chi connectivity index (χ0n) is 21.9. The summed E-state index contributed by atoms with van der Waals surface area (Å²) in [6, 6.07) is 5.28. The van der Waals surface area contributed by atoms with Crippen LogP contribution in [0, 0.1) is 0 Å². The van der Waals surface area contributed by atoms with E-state index in [1.54, 1.807) is 16.5 Å². The van der Waals surface area contributed by atoms with E-state index in [0.29, 0.717) is 11.9 Å². The molecule has 4 rings (SSSR count). The summed E-state index contributed by atoms with van der Waals surface area (Å²) >= 11 is 0. The van der Waals surface area contributed by atoms with Crippen molar-refractivity contribution < 1.29 is 19.1 Å². The van der Waals surface area contributed by atoms with Crippen molar-refractivity contribution in [1.29, 1.82) is 0 Å². The number of nitrogens with one attached hydrogen (secondary N) is 1. The van der Waals surface area contributed by atoms with E-state index in [-0.39, 0.29) is 30.2 Å². The number of amides is 3. The van der Waals surface area contributed by atoms with Crippen LogP contribution in [-0.2, 0) is 27.8 Å². The molecule has 1 aromatic heterocycles. The van der Waals surface area contributed by atoms with E-state index in [4.69, 9.17) is 4.74 Å². The maximum atomic E-state index is 13.1. The molecule has 2 aliphatic rings. The topological polar surface area (TPSA) is 106 Å². The van der Waals surface area contributed by atoms with Gasteiger partial charge in [-0.2, -0.15) is 0 Å². The number of imidazole rings is 1. The molecule has 10 nitrogen and oxygen atoms in total. The van der Waals surface area contributed by atoms with Crippen LogP contribution >= 0.6 is 0 Å². The molecule has 1 aromatic carbocycles. The Labute approximate surface area is 211 Å². The quantitative estimate of drug-likeness (QED) is 0.633. The van der Waals surface area contributed by atoms with Crippen molar-refractivity contribution in [1.82, 2.24) is 24.3 Å². The lowest BCUT2D eigenvalue weighted by molar-refractivity contribution is -0.135. The van der Waals surface area contributed by atoms with Gasteiger partial charge in [-0.3, -0.25) is 24.0 Å². The summed E-state index contributed by atoms with van der Waals surface area (Å²) in [5.74, 6) is -0.725. The van der Waals surface area contributed by atoms with E-state index < -0.39 is 17.6 Å². The molecule has 10 heteroatoms. The molecule has 0 bridgehead atoms. The van der Waals surface area contributed by atoms with E-state index in [1.165, 1.54) is 4.57 Å². The smallest absolute Gasteiger partial charge is 0.410 e. The number of carbonyl (C=O) groups is 3. The van der Waals surface area contributed by atoms with Gasteiger partial charge < -0.3 is 14.5 Å². The highest BCUT2D eigenvalue weighted by Crippen LogP contribution is 2.26. The maximum Gasteiger partial charge on any atom is 0.410 e. The fourth-order valence-electron chi connectivity index (χ4n) is 5.24. The SMILES string of the molecule is CN(C(=O)OC(C)(C)C)C1CCN(CCc2cccc3c2n(C)c(=O)n3C2CCC(=O)NC2=O)CC1. The first-order valence-electron chi connectivity index (χ1n) is 12.7. The van der Waals surface area contributed by atoms with Gasteiger partial charge in [0.25, 0.3) is 0 Å². The van der Waals surface area contributed by atoms with Crippen LogP contribution in [0.2, 0.25) is 0 Å². The standard InChI is InChI=1S/C26H37N5O5/c1-26(2,3)36-25(35)28(4)18-12-15-30(16-13-18)14-11-17-7-6-8-19-22(17)29(5)24(34)31(19)20-9-10-21(32)27-23(20)33/h6-8,18,20H,9-16H2,1-5H3,(H,27,32,33). The third kappa shape index (κ3) is 5.33. The van der Waals surface area contributed by atoms with E-state index in [0.717, 1.165) is 50.0 Å². The Bertz CT molecular complexity index is 1220. The summed E-state index contributed by atoms with van der Waals surface area (Å²) in [4.78, 5) is 53.7. The molecule has 1 unspecified atom stereocenters. The Morgan fingerprint density at radius 2 is 1.83 bits per heavy atom. The Balaban J connectivity index is 1.43. The fraction of sp³-hybridized carbons (Fsp3) is 0.615. The Morgan fingerprint density at radius 1 is 1.14 bits per heavy atom. The second-order valence-electron chi connectivity index (χ2n) is 10.9. The van der Waals surface area contributed by atoms with Crippen LogP contribution in [0.15, 0.2) is 23.0 Å². The van der Waals surface area contributed by atoms with Crippen molar-refractivity contribution in [3.8, 4) is 0 Å². The van der Waals surface area contributed by atoms with E-state index in [2.05, 4.69) is 10.2 Å². The summed E-state index contributed by atoms with van der Waals surface area (Å²) in [5, 5.41) is 2.36. The van der Waals surface area contributed by atoms with Gasteiger partial charge in [0, 0.05) is 46.2 Å². The van der Waals surface area contributed by atoms with Gasteiger partial charge in [-0.15, -0.1) is 0 Å². The number of likely N-dealkylation sites (tertiary alicyclic amines) is 1. The fourth-order valence-corrected chi connectivity index (χ4v) is 5.24. The summed E-state index contributed by atoms with van der Waals surface area (Å²) in [6.07, 6.45) is 2.78. The number of ether oxygens (including phenoxy) is 1. The normalized spacial score (nSPS) is 20.0. The molecule has 2 saturated heterocycles. The zero-order chi connectivity index (χ0) is 26.2. The lowest BCUT2D eigenvalue weighted by atomic mass is 10.0. The van der Waals surface area contributed by atoms with Gasteiger partial charge >= 0.3 is 11.8 Å². The third-order valence-electron chi connectivity index (χ3n) is 7.19. The molecule has 3 amide bonds. The van der Waals surface area contributed by atoms with Crippen LogP contribution in [0.5, 0.6) is 0 Å².